The minimum atomic E-state index is -0.461. The maximum absolute atomic E-state index is 12.4. The van der Waals surface area contributed by atoms with Gasteiger partial charge in [0.25, 0.3) is 0 Å². The predicted octanol–water partition coefficient (Wildman–Crippen LogP) is 4.59. The third-order valence-electron chi connectivity index (χ3n) is 4.23. The Labute approximate surface area is 179 Å². The zero-order valence-electron chi connectivity index (χ0n) is 17.3. The maximum atomic E-state index is 12.4. The van der Waals surface area contributed by atoms with Crippen molar-refractivity contribution in [3.63, 3.8) is 0 Å². The van der Waals surface area contributed by atoms with Crippen molar-refractivity contribution in [2.75, 3.05) is 27.9 Å². The zero-order valence-corrected chi connectivity index (χ0v) is 18.1. The van der Waals surface area contributed by atoms with Gasteiger partial charge in [-0.3, -0.25) is 0 Å². The summed E-state index contributed by atoms with van der Waals surface area (Å²) in [5, 5.41) is 2.66. The van der Waals surface area contributed by atoms with Gasteiger partial charge in [0, 0.05) is 10.9 Å². The molecule has 0 unspecified atom stereocenters. The highest BCUT2D eigenvalue weighted by atomic mass is 32.1. The molecule has 1 aromatic heterocycles. The molecule has 0 amide bonds. The van der Waals surface area contributed by atoms with Gasteiger partial charge in [-0.05, 0) is 43.3 Å². The van der Waals surface area contributed by atoms with E-state index in [9.17, 15) is 4.79 Å². The molecule has 0 aliphatic rings. The predicted molar refractivity (Wildman–Crippen MR) is 114 cm³/mol. The lowest BCUT2D eigenvalue weighted by molar-refractivity contribution is 0.0468. The van der Waals surface area contributed by atoms with E-state index in [2.05, 4.69) is 4.98 Å². The van der Waals surface area contributed by atoms with Crippen LogP contribution in [-0.4, -0.2) is 38.9 Å². The molecule has 3 aromatic rings. The van der Waals surface area contributed by atoms with Crippen LogP contribution in [0.1, 0.15) is 23.0 Å². The number of aromatic nitrogens is 1. The van der Waals surface area contributed by atoms with Crippen LogP contribution < -0.4 is 18.9 Å². The molecule has 7 nitrogen and oxygen atoms in total. The second-order valence-corrected chi connectivity index (χ2v) is 6.95. The van der Waals surface area contributed by atoms with Crippen LogP contribution in [0.3, 0.4) is 0 Å². The normalized spacial score (nSPS) is 10.4. The summed E-state index contributed by atoms with van der Waals surface area (Å²) in [4.78, 5) is 17.0. The number of ether oxygens (including phenoxy) is 5. The second-order valence-electron chi connectivity index (χ2n) is 6.09. The van der Waals surface area contributed by atoms with Gasteiger partial charge in [0.1, 0.15) is 11.6 Å². The van der Waals surface area contributed by atoms with Crippen molar-refractivity contribution in [3.8, 4) is 33.6 Å². The molecule has 0 bridgehead atoms. The monoisotopic (exact) mass is 429 g/mol. The molecule has 0 fully saturated rings. The lowest BCUT2D eigenvalue weighted by Crippen LogP contribution is -2.06. The first-order valence-corrected chi connectivity index (χ1v) is 10.1. The quantitative estimate of drug-likeness (QED) is 0.460. The van der Waals surface area contributed by atoms with Gasteiger partial charge in [-0.15, -0.1) is 11.3 Å². The van der Waals surface area contributed by atoms with Crippen LogP contribution >= 0.6 is 11.3 Å². The van der Waals surface area contributed by atoms with Crippen LogP contribution in [-0.2, 0) is 11.3 Å². The van der Waals surface area contributed by atoms with Crippen molar-refractivity contribution < 1.29 is 28.5 Å². The molecule has 0 saturated heterocycles. The molecule has 0 radical (unpaired) electrons. The summed E-state index contributed by atoms with van der Waals surface area (Å²) in [5.74, 6) is 1.88. The third kappa shape index (κ3) is 4.83. The molecule has 158 valence electrons. The van der Waals surface area contributed by atoms with Crippen molar-refractivity contribution in [1.82, 2.24) is 4.98 Å². The van der Waals surface area contributed by atoms with E-state index in [-0.39, 0.29) is 6.61 Å². The fourth-order valence-electron chi connectivity index (χ4n) is 2.77. The largest absolute Gasteiger partial charge is 0.493 e. The summed E-state index contributed by atoms with van der Waals surface area (Å²) in [6.07, 6.45) is 0. The molecule has 0 N–H and O–H groups in total. The highest BCUT2D eigenvalue weighted by Crippen LogP contribution is 2.33. The Morgan fingerprint density at radius 2 is 1.63 bits per heavy atom. The van der Waals surface area contributed by atoms with Crippen LogP contribution in [0.25, 0.3) is 10.6 Å². The van der Waals surface area contributed by atoms with Crippen LogP contribution in [0.2, 0.25) is 0 Å². The summed E-state index contributed by atoms with van der Waals surface area (Å²) in [5.41, 5.74) is 1.94. The molecule has 0 aliphatic carbocycles. The van der Waals surface area contributed by atoms with Crippen LogP contribution in [0.4, 0.5) is 0 Å². The van der Waals surface area contributed by atoms with Gasteiger partial charge in [0.2, 0.25) is 0 Å². The Hall–Kier alpha value is -3.26. The zero-order chi connectivity index (χ0) is 21.5. The van der Waals surface area contributed by atoms with Crippen LogP contribution in [0.5, 0.6) is 23.0 Å². The first-order chi connectivity index (χ1) is 14.6. The SMILES string of the molecule is CCOc1ccc(C(=O)OCc2csc(-c3ccc(OC)c(OC)c3)n2)cc1OC. The molecule has 0 spiro atoms. The number of hydrogen-bond donors (Lipinski definition) is 0. The number of nitrogens with zero attached hydrogens (tertiary/aromatic N) is 1. The van der Waals surface area contributed by atoms with Crippen molar-refractivity contribution in [3.05, 3.63) is 53.0 Å². The molecule has 30 heavy (non-hydrogen) atoms. The molecule has 0 saturated carbocycles. The smallest absolute Gasteiger partial charge is 0.338 e. The molecular formula is C22H23NO6S. The first-order valence-electron chi connectivity index (χ1n) is 9.24. The number of carbonyl (C=O) groups excluding carboxylic acids is 1. The van der Waals surface area contributed by atoms with E-state index in [1.807, 2.05) is 30.5 Å². The average molecular weight is 429 g/mol. The van der Waals surface area contributed by atoms with Crippen molar-refractivity contribution in [1.29, 1.82) is 0 Å². The minimum Gasteiger partial charge on any atom is -0.493 e. The summed E-state index contributed by atoms with van der Waals surface area (Å²) >= 11 is 1.46. The van der Waals surface area contributed by atoms with Gasteiger partial charge in [-0.1, -0.05) is 0 Å². The molecule has 2 aromatic carbocycles. The molecule has 3 rings (SSSR count). The molecule has 0 atom stereocenters. The Bertz CT molecular complexity index is 1020. The Morgan fingerprint density at radius 1 is 0.933 bits per heavy atom. The van der Waals surface area contributed by atoms with E-state index < -0.39 is 5.97 Å². The fourth-order valence-corrected chi connectivity index (χ4v) is 3.57. The van der Waals surface area contributed by atoms with Crippen molar-refractivity contribution in [2.24, 2.45) is 0 Å². The number of hydrogen-bond acceptors (Lipinski definition) is 8. The van der Waals surface area contributed by atoms with Gasteiger partial charge in [0.15, 0.2) is 23.0 Å². The molecular weight excluding hydrogens is 406 g/mol. The van der Waals surface area contributed by atoms with E-state index in [1.165, 1.54) is 18.4 Å². The topological polar surface area (TPSA) is 76.1 Å². The Morgan fingerprint density at radius 3 is 2.33 bits per heavy atom. The van der Waals surface area contributed by atoms with E-state index in [0.717, 1.165) is 10.6 Å². The number of thiazole rings is 1. The van der Waals surface area contributed by atoms with Crippen molar-refractivity contribution in [2.45, 2.75) is 13.5 Å². The lowest BCUT2D eigenvalue weighted by Gasteiger charge is -2.10. The van der Waals surface area contributed by atoms with Gasteiger partial charge < -0.3 is 23.7 Å². The average Bonchev–Trinajstić information content (AvgIpc) is 3.26. The van der Waals surface area contributed by atoms with Crippen molar-refractivity contribution >= 4 is 17.3 Å². The molecule has 1 heterocycles. The number of esters is 1. The number of rotatable bonds is 9. The standard InChI is InChI=1S/C22H23NO6S/c1-5-28-18-9-7-15(11-20(18)27-4)22(24)29-12-16-13-30-21(23-16)14-6-8-17(25-2)19(10-14)26-3/h6-11,13H,5,12H2,1-4H3. The Kier molecular flexibility index (Phi) is 7.13. The third-order valence-corrected chi connectivity index (χ3v) is 5.17. The van der Waals surface area contributed by atoms with E-state index in [4.69, 9.17) is 23.7 Å². The highest BCUT2D eigenvalue weighted by molar-refractivity contribution is 7.13. The van der Waals surface area contributed by atoms with Crippen LogP contribution in [0, 0.1) is 0 Å². The minimum absolute atomic E-state index is 0.0676. The number of benzene rings is 2. The van der Waals surface area contributed by atoms with Crippen LogP contribution in [0.15, 0.2) is 41.8 Å². The van der Waals surface area contributed by atoms with E-state index in [1.54, 1.807) is 32.4 Å². The molecule has 0 aliphatic heterocycles. The maximum Gasteiger partial charge on any atom is 0.338 e. The van der Waals surface area contributed by atoms with Gasteiger partial charge >= 0.3 is 5.97 Å². The summed E-state index contributed by atoms with van der Waals surface area (Å²) < 4.78 is 26.7. The van der Waals surface area contributed by atoms with E-state index >= 15 is 0 Å². The second kappa shape index (κ2) is 9.98. The highest BCUT2D eigenvalue weighted by Gasteiger charge is 2.14. The number of methoxy groups -OCH3 is 3. The summed E-state index contributed by atoms with van der Waals surface area (Å²) in [6, 6.07) is 10.5. The van der Waals surface area contributed by atoms with Gasteiger partial charge in [0.05, 0.1) is 39.2 Å². The van der Waals surface area contributed by atoms with Gasteiger partial charge in [-0.2, -0.15) is 0 Å². The Balaban J connectivity index is 1.67. The van der Waals surface area contributed by atoms with E-state index in [0.29, 0.717) is 40.9 Å². The lowest BCUT2D eigenvalue weighted by atomic mass is 10.2. The number of carbonyl (C=O) groups is 1. The molecule has 8 heteroatoms. The summed E-state index contributed by atoms with van der Waals surface area (Å²) in [6.45, 7) is 2.45. The fraction of sp³-hybridized carbons (Fsp3) is 0.273. The van der Waals surface area contributed by atoms with Gasteiger partial charge in [-0.25, -0.2) is 9.78 Å². The first kappa shape index (κ1) is 21.4. The summed E-state index contributed by atoms with van der Waals surface area (Å²) in [7, 11) is 4.70.